The molecule has 0 N–H and O–H groups in total. The van der Waals surface area contributed by atoms with Crippen LogP contribution in [0.1, 0.15) is 5.56 Å². The van der Waals surface area contributed by atoms with E-state index in [0.29, 0.717) is 0 Å². The van der Waals surface area contributed by atoms with Gasteiger partial charge in [0.15, 0.2) is 0 Å². The molecule has 7 aromatic carbocycles. The van der Waals surface area contributed by atoms with Crippen LogP contribution in [0.15, 0.2) is 158 Å². The first-order valence-electron chi connectivity index (χ1n) is 16.1. The van der Waals surface area contributed by atoms with Crippen molar-refractivity contribution in [2.75, 3.05) is 16.8 Å². The Morgan fingerprint density at radius 3 is 1.83 bits per heavy atom. The molecule has 47 heavy (non-hydrogen) atoms. The summed E-state index contributed by atoms with van der Waals surface area (Å²) in [5.74, 6) is 0. The molecule has 9 rings (SSSR count). The minimum Gasteiger partial charge on any atom is -0.341 e. The Morgan fingerprint density at radius 2 is 1.04 bits per heavy atom. The second-order valence-electron chi connectivity index (χ2n) is 12.4. The highest BCUT2D eigenvalue weighted by atomic mass is 32.1. The molecule has 0 saturated heterocycles. The second-order valence-corrected chi connectivity index (χ2v) is 13.4. The van der Waals surface area contributed by atoms with Gasteiger partial charge >= 0.3 is 0 Å². The fourth-order valence-electron chi connectivity index (χ4n) is 7.04. The number of rotatable bonds is 4. The summed E-state index contributed by atoms with van der Waals surface area (Å²) in [6.07, 6.45) is 0. The first-order chi connectivity index (χ1) is 23.1. The lowest BCUT2D eigenvalue weighted by Crippen LogP contribution is -2.24. The summed E-state index contributed by atoms with van der Waals surface area (Å²) < 4.78 is 2.69. The molecule has 8 aromatic rings. The molecule has 0 atom stereocenters. The van der Waals surface area contributed by atoms with Gasteiger partial charge in [0.1, 0.15) is 0 Å². The molecule has 1 aromatic heterocycles. The van der Waals surface area contributed by atoms with Gasteiger partial charge in [-0.25, -0.2) is 0 Å². The van der Waals surface area contributed by atoms with Gasteiger partial charge in [-0.2, -0.15) is 0 Å². The van der Waals surface area contributed by atoms with Gasteiger partial charge < -0.3 is 9.80 Å². The maximum atomic E-state index is 2.40. The molecule has 0 bridgehead atoms. The summed E-state index contributed by atoms with van der Waals surface area (Å²) in [6, 6.07) is 57.6. The van der Waals surface area contributed by atoms with Crippen LogP contribution in [-0.2, 0) is 0 Å². The lowest BCUT2D eigenvalue weighted by Gasteiger charge is -2.39. The van der Waals surface area contributed by atoms with Gasteiger partial charge in [0.2, 0.25) is 0 Å². The molecule has 0 radical (unpaired) electrons. The van der Waals surface area contributed by atoms with E-state index in [4.69, 9.17) is 0 Å². The van der Waals surface area contributed by atoms with Crippen molar-refractivity contribution in [3.8, 4) is 33.4 Å². The van der Waals surface area contributed by atoms with Crippen LogP contribution in [0.5, 0.6) is 0 Å². The number of hydrogen-bond acceptors (Lipinski definition) is 3. The lowest BCUT2D eigenvalue weighted by molar-refractivity contribution is 1.12. The average Bonchev–Trinajstić information content (AvgIpc) is 3.52. The lowest BCUT2D eigenvalue weighted by atomic mass is 9.98. The highest BCUT2D eigenvalue weighted by molar-refractivity contribution is 7.26. The summed E-state index contributed by atoms with van der Waals surface area (Å²) in [4.78, 5) is 4.73. The number of hydrogen-bond donors (Lipinski definition) is 0. The zero-order valence-electron chi connectivity index (χ0n) is 26.3. The van der Waals surface area contributed by atoms with Crippen LogP contribution >= 0.6 is 11.3 Å². The summed E-state index contributed by atoms with van der Waals surface area (Å²) >= 11 is 1.88. The quantitative estimate of drug-likeness (QED) is 0.193. The van der Waals surface area contributed by atoms with Crippen LogP contribution in [0.3, 0.4) is 0 Å². The third-order valence-electron chi connectivity index (χ3n) is 9.48. The molecule has 2 heterocycles. The van der Waals surface area contributed by atoms with E-state index in [1.165, 1.54) is 81.9 Å². The summed E-state index contributed by atoms with van der Waals surface area (Å²) in [7, 11) is 2.18. The Hall–Kier alpha value is -5.64. The molecular weight excluding hydrogens is 589 g/mol. The van der Waals surface area contributed by atoms with Crippen molar-refractivity contribution in [2.24, 2.45) is 0 Å². The van der Waals surface area contributed by atoms with E-state index < -0.39 is 0 Å². The van der Waals surface area contributed by atoms with E-state index in [9.17, 15) is 0 Å². The first-order valence-corrected chi connectivity index (χ1v) is 16.9. The van der Waals surface area contributed by atoms with Crippen LogP contribution < -0.4 is 9.80 Å². The predicted octanol–water partition coefficient (Wildman–Crippen LogP) is 12.9. The fraction of sp³-hybridized carbons (Fsp3) is 0.0455. The second kappa shape index (κ2) is 11.0. The largest absolute Gasteiger partial charge is 0.341 e. The average molecular weight is 621 g/mol. The van der Waals surface area contributed by atoms with E-state index >= 15 is 0 Å². The number of nitrogens with zero attached hydrogens (tertiary/aromatic N) is 2. The van der Waals surface area contributed by atoms with E-state index in [0.717, 1.165) is 5.69 Å². The molecule has 224 valence electrons. The minimum absolute atomic E-state index is 1.15. The summed E-state index contributed by atoms with van der Waals surface area (Å²) in [5, 5.41) is 2.67. The Labute approximate surface area is 279 Å². The highest BCUT2D eigenvalue weighted by Gasteiger charge is 2.28. The summed E-state index contributed by atoms with van der Waals surface area (Å²) in [6.45, 7) is 2.16. The van der Waals surface area contributed by atoms with E-state index in [1.54, 1.807) is 0 Å². The van der Waals surface area contributed by atoms with Crippen LogP contribution in [0, 0.1) is 6.92 Å². The number of aryl methyl sites for hydroxylation is 1. The Balaban J connectivity index is 1.07. The molecule has 2 nitrogen and oxygen atoms in total. The fourth-order valence-corrected chi connectivity index (χ4v) is 8.28. The van der Waals surface area contributed by atoms with Crippen LogP contribution in [-0.4, -0.2) is 7.05 Å². The van der Waals surface area contributed by atoms with Gasteiger partial charge in [-0.05, 0) is 88.3 Å². The third-order valence-corrected chi connectivity index (χ3v) is 10.7. The van der Waals surface area contributed by atoms with Crippen molar-refractivity contribution in [1.82, 2.24) is 0 Å². The molecule has 1 aliphatic rings. The maximum absolute atomic E-state index is 2.40. The molecule has 0 fully saturated rings. The normalized spacial score (nSPS) is 12.4. The molecule has 0 saturated carbocycles. The molecule has 1 aliphatic heterocycles. The van der Waals surface area contributed by atoms with Crippen LogP contribution in [0.4, 0.5) is 28.4 Å². The van der Waals surface area contributed by atoms with E-state index in [-0.39, 0.29) is 0 Å². The maximum Gasteiger partial charge on any atom is 0.0700 e. The SMILES string of the molecule is Cc1ccc2c(c1)N(C)c1cc(-c3ccccc3)ccc1N2c1ccc(-c2ccc(-c3cccc4c3sc3ccccc34)cc2)cc1. The standard InChI is InChI=1S/C44H32N2S/c1-29-15-25-39-41(27-29)45(2)42-28-34(30-9-4-3-5-10-30)22-26-40(42)46(39)35-23-20-32(21-24-35)31-16-18-33(19-17-31)36-12-8-13-38-37-11-6-7-14-43(37)47-44(36)38/h3-28H,1-2H3. The first kappa shape index (κ1) is 27.7. The Bertz CT molecular complexity index is 2420. The highest BCUT2D eigenvalue weighted by Crippen LogP contribution is 2.52. The zero-order chi connectivity index (χ0) is 31.5. The van der Waals surface area contributed by atoms with E-state index in [2.05, 4.69) is 181 Å². The Kier molecular flexibility index (Phi) is 6.48. The number of thiophene rings is 1. The number of anilines is 5. The van der Waals surface area contributed by atoms with E-state index in [1.807, 2.05) is 11.3 Å². The molecular formula is C44H32N2S. The van der Waals surface area contributed by atoms with Gasteiger partial charge in [-0.1, -0.05) is 115 Å². The van der Waals surface area contributed by atoms with Crippen molar-refractivity contribution >= 4 is 59.9 Å². The molecule has 3 heteroatoms. The van der Waals surface area contributed by atoms with Crippen molar-refractivity contribution in [3.05, 3.63) is 163 Å². The molecule has 0 spiro atoms. The Morgan fingerprint density at radius 1 is 0.447 bits per heavy atom. The third kappa shape index (κ3) is 4.62. The predicted molar refractivity (Wildman–Crippen MR) is 203 cm³/mol. The molecule has 0 unspecified atom stereocenters. The molecule has 0 aliphatic carbocycles. The van der Waals surface area contributed by atoms with Crippen molar-refractivity contribution in [3.63, 3.8) is 0 Å². The van der Waals surface area contributed by atoms with Crippen LogP contribution in [0.25, 0.3) is 53.6 Å². The van der Waals surface area contributed by atoms with Gasteiger partial charge in [0.05, 0.1) is 22.7 Å². The smallest absolute Gasteiger partial charge is 0.0700 e. The van der Waals surface area contributed by atoms with Crippen molar-refractivity contribution in [1.29, 1.82) is 0 Å². The monoisotopic (exact) mass is 620 g/mol. The van der Waals surface area contributed by atoms with Crippen molar-refractivity contribution in [2.45, 2.75) is 6.92 Å². The van der Waals surface area contributed by atoms with Gasteiger partial charge in [-0.15, -0.1) is 11.3 Å². The van der Waals surface area contributed by atoms with Crippen LogP contribution in [0.2, 0.25) is 0 Å². The van der Waals surface area contributed by atoms with Gasteiger partial charge in [-0.3, -0.25) is 0 Å². The summed E-state index contributed by atoms with van der Waals surface area (Å²) in [5.41, 5.74) is 14.6. The number of benzene rings is 7. The minimum atomic E-state index is 1.15. The van der Waals surface area contributed by atoms with Gasteiger partial charge in [0.25, 0.3) is 0 Å². The topological polar surface area (TPSA) is 6.48 Å². The van der Waals surface area contributed by atoms with Crippen molar-refractivity contribution < 1.29 is 0 Å². The van der Waals surface area contributed by atoms with Gasteiger partial charge in [0, 0.05) is 32.9 Å². The zero-order valence-corrected chi connectivity index (χ0v) is 27.1. The number of fused-ring (bicyclic) bond motifs is 5. The molecule has 0 amide bonds.